The number of halogens is 3. The van der Waals surface area contributed by atoms with Crippen LogP contribution in [0.1, 0.15) is 273 Å². The molecule has 10 aliphatic rings. The summed E-state index contributed by atoms with van der Waals surface area (Å²) in [6, 6.07) is 120. The van der Waals surface area contributed by atoms with Gasteiger partial charge in [-0.3, -0.25) is 9.59 Å². The first kappa shape index (κ1) is 97.2. The third kappa shape index (κ3) is 14.2. The van der Waals surface area contributed by atoms with E-state index in [1.165, 1.54) is 185 Å². The molecule has 0 amide bonds. The van der Waals surface area contributed by atoms with Gasteiger partial charge in [0.1, 0.15) is 11.2 Å². The van der Waals surface area contributed by atoms with Crippen LogP contribution in [0.2, 0.25) is 0 Å². The minimum absolute atomic E-state index is 0. The number of ether oxygens (including phenoxy) is 1. The molecule has 1 fully saturated rings. The van der Waals surface area contributed by atoms with E-state index in [1.807, 2.05) is 42.5 Å². The van der Waals surface area contributed by atoms with Gasteiger partial charge in [0.05, 0.1) is 0 Å². The molecule has 0 spiro atoms. The summed E-state index contributed by atoms with van der Waals surface area (Å²) >= 11 is 11.1. The van der Waals surface area contributed by atoms with Crippen molar-refractivity contribution in [2.45, 2.75) is 179 Å². The average molecular weight is 2090 g/mol. The summed E-state index contributed by atoms with van der Waals surface area (Å²) < 4.78 is 8.13. The Bertz CT molecular complexity index is 8650. The standard InChI is InChI=1S/C53H43BrO2.C53H41Br.C23H15BrO2.C4H8O.C4H9.Li/c1-49(2)39-15-9-7-13-33(39)35-22-19-30(25-43(35)49)52(55)41-17-11-12-18-42(41)53(56,31-20-23-36-34-14-8-10-16-40(34)50(3,4)44(36)26-31)48-29-46-38(28-47(48)52)37-24-21-32(54)27-45(37)51(46,5)6;1-51(2)43-17-11-9-13-33(43)35-22-19-30(25-45(35)51)49-38-15-7-8-16-39(38)50(31-20-23-36-34-14-10-12-18-44(34)52(3,4)46(36)26-31)42-29-48-40(28-41(42)49)37-24-21-32(54)27-47(37)53(48,5)6;1-23(2)19-9-12(24)7-8-13(19)16-10-17-18(11-20(16)23)22(26)15-6-4-3-5-14(15)21(17)25;1-2-4-5-3-1;1-3-4-2;/h7-29,55-56H,1-6H3;7-29H,1-6H3;3-11H,1-2H3;1-4H2;1,3-4H2,2H3;/q;;;;-1;+1. The van der Waals surface area contributed by atoms with Crippen LogP contribution < -0.4 is 18.9 Å². The molecule has 0 bridgehead atoms. The summed E-state index contributed by atoms with van der Waals surface area (Å²) in [4.78, 5) is 26.1. The number of carbonyl (C=O) groups is 2. The number of hydrogen-bond donors (Lipinski definition) is 2. The van der Waals surface area contributed by atoms with Gasteiger partial charge in [-0.25, -0.2) is 0 Å². The molecule has 2 N–H and O–H groups in total. The molecule has 716 valence electrons. The maximum Gasteiger partial charge on any atom is 1.00 e. The Morgan fingerprint density at radius 2 is 0.500 bits per heavy atom. The first-order chi connectivity index (χ1) is 69.5. The maximum atomic E-state index is 13.9. The van der Waals surface area contributed by atoms with Gasteiger partial charge in [0.2, 0.25) is 0 Å². The van der Waals surface area contributed by atoms with Gasteiger partial charge in [-0.15, -0.1) is 0 Å². The molecule has 9 aliphatic carbocycles. The number of carbonyl (C=O) groups excluding carboxylic acids is 2. The quantitative estimate of drug-likeness (QED) is 0.102. The number of aliphatic hydroxyl groups is 2. The normalized spacial score (nSPS) is 18.2. The minimum Gasteiger partial charge on any atom is -0.381 e. The zero-order valence-corrected chi connectivity index (χ0v) is 90.7. The van der Waals surface area contributed by atoms with Crippen LogP contribution in [0.4, 0.5) is 0 Å². The molecule has 1 heterocycles. The van der Waals surface area contributed by atoms with E-state index in [0.29, 0.717) is 44.5 Å². The predicted molar refractivity (Wildman–Crippen MR) is 608 cm³/mol. The van der Waals surface area contributed by atoms with Gasteiger partial charge in [0.25, 0.3) is 0 Å². The van der Waals surface area contributed by atoms with Gasteiger partial charge < -0.3 is 21.9 Å². The molecule has 0 radical (unpaired) electrons. The number of ketones is 2. The van der Waals surface area contributed by atoms with Crippen LogP contribution in [0.25, 0.3) is 122 Å². The topological polar surface area (TPSA) is 83.8 Å². The third-order valence-electron chi connectivity index (χ3n) is 34.7. The second-order valence-corrected chi connectivity index (χ2v) is 47.9. The average Bonchev–Trinajstić information content (AvgIpc) is 1.30. The Labute approximate surface area is 896 Å². The van der Waals surface area contributed by atoms with Crippen molar-refractivity contribution < 1.29 is 43.4 Å². The number of benzene rings is 18. The van der Waals surface area contributed by atoms with Crippen LogP contribution in [-0.4, -0.2) is 35.0 Å². The van der Waals surface area contributed by atoms with Gasteiger partial charge in [-0.1, -0.05) is 413 Å². The molecule has 0 aromatic heterocycles. The molecule has 5 nitrogen and oxygen atoms in total. The molecule has 18 aromatic carbocycles. The van der Waals surface area contributed by atoms with Crippen molar-refractivity contribution in [1.29, 1.82) is 0 Å². The largest absolute Gasteiger partial charge is 1.00 e. The number of rotatable bonds is 5. The van der Waals surface area contributed by atoms with Crippen LogP contribution in [0.15, 0.2) is 347 Å². The van der Waals surface area contributed by atoms with E-state index in [4.69, 9.17) is 4.74 Å². The van der Waals surface area contributed by atoms with E-state index in [9.17, 15) is 19.8 Å². The second-order valence-electron chi connectivity index (χ2n) is 45.1. The first-order valence-electron chi connectivity index (χ1n) is 51.4. The van der Waals surface area contributed by atoms with E-state index in [0.717, 1.165) is 77.6 Å². The van der Waals surface area contributed by atoms with Crippen molar-refractivity contribution in [2.75, 3.05) is 13.2 Å². The maximum absolute atomic E-state index is 13.9. The Morgan fingerprint density at radius 1 is 0.247 bits per heavy atom. The van der Waals surface area contributed by atoms with Crippen LogP contribution in [0, 0.1) is 6.92 Å². The van der Waals surface area contributed by atoms with Crippen molar-refractivity contribution >= 4 is 80.9 Å². The molecule has 9 heteroatoms. The van der Waals surface area contributed by atoms with Crippen molar-refractivity contribution in [2.24, 2.45) is 0 Å². The van der Waals surface area contributed by atoms with E-state index in [-0.39, 0.29) is 68.3 Å². The summed E-state index contributed by atoms with van der Waals surface area (Å²) in [5, 5.41) is 33.1. The molecular formula is C137H116Br3LiO5. The fraction of sp³-hybridized carbons (Fsp3) is 0.219. The molecule has 0 saturated carbocycles. The summed E-state index contributed by atoms with van der Waals surface area (Å²) in [6.45, 7) is 40.1. The van der Waals surface area contributed by atoms with E-state index in [1.54, 1.807) is 24.3 Å². The van der Waals surface area contributed by atoms with Crippen molar-refractivity contribution in [3.8, 4) is 100 Å². The summed E-state index contributed by atoms with van der Waals surface area (Å²) in [5.41, 5.74) is 42.7. The van der Waals surface area contributed by atoms with Gasteiger partial charge in [0.15, 0.2) is 11.6 Å². The molecule has 18 aromatic rings. The number of hydrogen-bond acceptors (Lipinski definition) is 5. The zero-order valence-electron chi connectivity index (χ0n) is 86.0. The predicted octanol–water partition coefficient (Wildman–Crippen LogP) is 32.2. The molecule has 1 aliphatic heterocycles. The number of fused-ring (bicyclic) bond motifs is 27. The Kier molecular flexibility index (Phi) is 23.3. The van der Waals surface area contributed by atoms with Gasteiger partial charge in [-0.05, 0) is 319 Å². The summed E-state index contributed by atoms with van der Waals surface area (Å²) in [6.07, 6.45) is 4.83. The molecule has 1 saturated heterocycles. The monoisotopic (exact) mass is 2080 g/mol. The van der Waals surface area contributed by atoms with Crippen LogP contribution in [0.3, 0.4) is 0 Å². The summed E-state index contributed by atoms with van der Waals surface area (Å²) in [5.74, 6) is -0.132. The first-order valence-corrected chi connectivity index (χ1v) is 53.8. The fourth-order valence-corrected chi connectivity index (χ4v) is 27.8. The van der Waals surface area contributed by atoms with Crippen molar-refractivity contribution in [3.05, 3.63) is 488 Å². The molecular weight excluding hydrogens is 1970 g/mol. The SMILES string of the molecule is C1CCOC1.CC1(C)c2cc(Br)ccc2-c2cc3c(cc21)C(=O)c1ccccc1C3=O.CC1(C)c2ccccc2-c2ccc(-c3c4ccccc4c(-c4ccc5c(c4)C(C)(C)c4ccccc4-5)c4cc5c(cc34)-c3ccc(Br)cc3C5(C)C)cc21.CC1(C)c2ccccc2-c2ccc(C3(O)c4ccccc4C(O)(c4ccc5c(c4)C(C)(C)c4ccccc4-5)c4cc5c(cc43)-c3ccc(Br)cc3C5(C)C)cc21.[CH2-]CCC.[Li+]. The Hall–Kier alpha value is -12.3. The minimum atomic E-state index is -1.57. The third-order valence-corrected chi connectivity index (χ3v) is 36.1. The Morgan fingerprint density at radius 3 is 0.870 bits per heavy atom. The van der Waals surface area contributed by atoms with E-state index < -0.39 is 11.2 Å². The molecule has 146 heavy (non-hydrogen) atoms. The van der Waals surface area contributed by atoms with Crippen LogP contribution >= 0.6 is 47.8 Å². The zero-order chi connectivity index (χ0) is 101. The molecule has 28 rings (SSSR count). The second kappa shape index (κ2) is 34.9. The van der Waals surface area contributed by atoms with Gasteiger partial charge in [0, 0.05) is 92.4 Å². The fourth-order valence-electron chi connectivity index (χ4n) is 26.8. The van der Waals surface area contributed by atoms with Crippen molar-refractivity contribution in [3.63, 3.8) is 0 Å². The van der Waals surface area contributed by atoms with Gasteiger partial charge >= 0.3 is 18.9 Å². The van der Waals surface area contributed by atoms with Crippen LogP contribution in [-0.2, 0) is 53.8 Å². The van der Waals surface area contributed by atoms with Crippen LogP contribution in [0.5, 0.6) is 0 Å². The van der Waals surface area contributed by atoms with E-state index in [2.05, 4.69) is 425 Å². The van der Waals surface area contributed by atoms with Crippen molar-refractivity contribution in [1.82, 2.24) is 0 Å². The van der Waals surface area contributed by atoms with E-state index >= 15 is 0 Å². The number of unbranched alkanes of at least 4 members (excludes halogenated alkanes) is 1. The molecule has 2 atom stereocenters. The Balaban J connectivity index is 0.000000121. The summed E-state index contributed by atoms with van der Waals surface area (Å²) in [7, 11) is 0. The smallest absolute Gasteiger partial charge is 0.381 e. The molecule has 2 unspecified atom stereocenters. The van der Waals surface area contributed by atoms with Gasteiger partial charge in [-0.2, -0.15) is 6.42 Å².